The van der Waals surface area contributed by atoms with Crippen molar-refractivity contribution in [2.24, 2.45) is 0 Å². The minimum Gasteiger partial charge on any atom is -0.358 e. The summed E-state index contributed by atoms with van der Waals surface area (Å²) in [5.41, 5.74) is 3.78. The largest absolute Gasteiger partial charge is 0.358 e. The summed E-state index contributed by atoms with van der Waals surface area (Å²) in [6.45, 7) is 4.12. The number of sulfonamides is 1. The average Bonchev–Trinajstić information content (AvgIpc) is 3.07. The molecule has 0 bridgehead atoms. The Bertz CT molecular complexity index is 1150. The molecule has 1 aromatic heterocycles. The number of anilines is 1. The van der Waals surface area contributed by atoms with Crippen LogP contribution in [0, 0.1) is 0 Å². The molecule has 0 aliphatic heterocycles. The lowest BCUT2D eigenvalue weighted by molar-refractivity contribution is 0.0974. The first-order valence-corrected chi connectivity index (χ1v) is 11.2. The molecule has 0 amide bonds. The number of ketones is 1. The summed E-state index contributed by atoms with van der Waals surface area (Å²) >= 11 is 0. The highest BCUT2D eigenvalue weighted by atomic mass is 32.2. The van der Waals surface area contributed by atoms with Crippen molar-refractivity contribution in [3.05, 3.63) is 59.3 Å². The van der Waals surface area contributed by atoms with E-state index in [1.54, 1.807) is 18.2 Å². The first-order chi connectivity index (χ1) is 13.5. The number of aromatic nitrogens is 1. The van der Waals surface area contributed by atoms with Gasteiger partial charge in [0.15, 0.2) is 5.78 Å². The smallest absolute Gasteiger partial charge is 0.264 e. The zero-order valence-electron chi connectivity index (χ0n) is 16.2. The monoisotopic (exact) mass is 396 g/mol. The second kappa shape index (κ2) is 7.09. The van der Waals surface area contributed by atoms with E-state index >= 15 is 0 Å². The number of nitrogens with zero attached hydrogens (tertiary/aromatic N) is 1. The van der Waals surface area contributed by atoms with Crippen LogP contribution in [0.15, 0.2) is 47.4 Å². The normalized spacial score (nSPS) is 14.3. The number of aromatic amines is 1. The summed E-state index contributed by atoms with van der Waals surface area (Å²) < 4.78 is 28.5. The topological polar surface area (TPSA) is 70.2 Å². The van der Waals surface area contributed by atoms with Gasteiger partial charge in [-0.15, -0.1) is 0 Å². The number of para-hydroxylation sites is 1. The maximum absolute atomic E-state index is 13.5. The molecule has 0 radical (unpaired) electrons. The van der Waals surface area contributed by atoms with Crippen molar-refractivity contribution < 1.29 is 13.2 Å². The summed E-state index contributed by atoms with van der Waals surface area (Å²) in [6.07, 6.45) is 2.79. The van der Waals surface area contributed by atoms with Crippen LogP contribution in [-0.2, 0) is 22.9 Å². The Hall–Kier alpha value is -2.60. The van der Waals surface area contributed by atoms with E-state index in [1.165, 1.54) is 4.31 Å². The highest BCUT2D eigenvalue weighted by Crippen LogP contribution is 2.34. The number of carbonyl (C=O) groups is 1. The number of carbonyl (C=O) groups excluding carboxylic acids is 1. The standard InChI is InChI=1S/C22H24N2O3S/c1-3-15-13-17-19(23-18-11-8-12-20(25)22(17)18)14-21(15)28(26,27)24(4-2)16-9-6-5-7-10-16/h5-7,9-10,13-14,23H,3-4,8,11-12H2,1-2H3. The molecule has 3 aromatic rings. The Morgan fingerprint density at radius 2 is 1.82 bits per heavy atom. The number of hydrogen-bond acceptors (Lipinski definition) is 3. The first kappa shape index (κ1) is 18.7. The van der Waals surface area contributed by atoms with Crippen molar-refractivity contribution in [2.45, 2.75) is 44.4 Å². The van der Waals surface area contributed by atoms with Crippen LogP contribution in [0.2, 0.25) is 0 Å². The summed E-state index contributed by atoms with van der Waals surface area (Å²) in [5.74, 6) is 0.143. The lowest BCUT2D eigenvalue weighted by atomic mass is 9.94. The molecule has 4 rings (SSSR count). The SMILES string of the molecule is CCc1cc2c3c([nH]c2cc1S(=O)(=O)N(CC)c1ccccc1)CCCC3=O. The van der Waals surface area contributed by atoms with Crippen molar-refractivity contribution in [1.82, 2.24) is 4.98 Å². The number of benzene rings is 2. The van der Waals surface area contributed by atoms with Gasteiger partial charge in [-0.1, -0.05) is 25.1 Å². The Balaban J connectivity index is 1.91. The third kappa shape index (κ3) is 2.92. The van der Waals surface area contributed by atoms with E-state index in [1.807, 2.05) is 38.1 Å². The summed E-state index contributed by atoms with van der Waals surface area (Å²) in [5, 5.41) is 0.846. The minimum absolute atomic E-state index is 0.143. The molecule has 28 heavy (non-hydrogen) atoms. The van der Waals surface area contributed by atoms with E-state index in [0.717, 1.165) is 40.6 Å². The van der Waals surface area contributed by atoms with Crippen LogP contribution < -0.4 is 4.31 Å². The lowest BCUT2D eigenvalue weighted by Crippen LogP contribution is -2.31. The molecule has 6 heteroatoms. The predicted molar refractivity (Wildman–Crippen MR) is 112 cm³/mol. The molecule has 0 saturated heterocycles. The second-order valence-electron chi connectivity index (χ2n) is 7.12. The molecule has 0 unspecified atom stereocenters. The number of rotatable bonds is 5. The van der Waals surface area contributed by atoms with Crippen LogP contribution in [0.4, 0.5) is 5.69 Å². The molecule has 2 aromatic carbocycles. The maximum atomic E-state index is 13.5. The van der Waals surface area contributed by atoms with Crippen LogP contribution >= 0.6 is 0 Å². The van der Waals surface area contributed by atoms with Gasteiger partial charge in [0, 0.05) is 35.1 Å². The van der Waals surface area contributed by atoms with Gasteiger partial charge in [0.1, 0.15) is 0 Å². The number of Topliss-reactive ketones (excluding diaryl/α,β-unsaturated/α-hetero) is 1. The average molecular weight is 397 g/mol. The van der Waals surface area contributed by atoms with E-state index in [9.17, 15) is 13.2 Å². The fourth-order valence-corrected chi connectivity index (χ4v) is 5.88. The lowest BCUT2D eigenvalue weighted by Gasteiger charge is -2.24. The van der Waals surface area contributed by atoms with Gasteiger partial charge in [0.2, 0.25) is 0 Å². The summed E-state index contributed by atoms with van der Waals surface area (Å²) in [6, 6.07) is 12.7. The van der Waals surface area contributed by atoms with Gasteiger partial charge in [-0.3, -0.25) is 9.10 Å². The quantitative estimate of drug-likeness (QED) is 0.692. The number of H-pyrrole nitrogens is 1. The van der Waals surface area contributed by atoms with Gasteiger partial charge in [-0.05, 0) is 56.0 Å². The molecule has 0 spiro atoms. The van der Waals surface area contributed by atoms with Crippen molar-refractivity contribution >= 4 is 32.4 Å². The molecule has 1 aliphatic carbocycles. The highest BCUT2D eigenvalue weighted by molar-refractivity contribution is 7.92. The maximum Gasteiger partial charge on any atom is 0.264 e. The Morgan fingerprint density at radius 1 is 1.07 bits per heavy atom. The molecular formula is C22H24N2O3S. The Labute approximate surface area is 165 Å². The number of aryl methyl sites for hydroxylation is 2. The van der Waals surface area contributed by atoms with Crippen LogP contribution in [0.25, 0.3) is 10.9 Å². The number of fused-ring (bicyclic) bond motifs is 3. The number of hydrogen-bond donors (Lipinski definition) is 1. The molecule has 0 saturated carbocycles. The van der Waals surface area contributed by atoms with E-state index in [4.69, 9.17) is 0 Å². The van der Waals surface area contributed by atoms with Crippen molar-refractivity contribution in [3.63, 3.8) is 0 Å². The van der Waals surface area contributed by atoms with Gasteiger partial charge in [0.05, 0.1) is 10.6 Å². The van der Waals surface area contributed by atoms with Crippen LogP contribution in [0.5, 0.6) is 0 Å². The highest BCUT2D eigenvalue weighted by Gasteiger charge is 2.29. The van der Waals surface area contributed by atoms with E-state index in [0.29, 0.717) is 30.0 Å². The van der Waals surface area contributed by atoms with Crippen LogP contribution in [0.1, 0.15) is 48.3 Å². The molecule has 1 N–H and O–H groups in total. The van der Waals surface area contributed by atoms with E-state index < -0.39 is 10.0 Å². The van der Waals surface area contributed by atoms with E-state index in [2.05, 4.69) is 4.98 Å². The molecular weight excluding hydrogens is 372 g/mol. The summed E-state index contributed by atoms with van der Waals surface area (Å²) in [4.78, 5) is 16.0. The van der Waals surface area contributed by atoms with Crippen LogP contribution in [0.3, 0.4) is 0 Å². The zero-order valence-corrected chi connectivity index (χ0v) is 17.0. The molecule has 1 heterocycles. The Morgan fingerprint density at radius 3 is 2.50 bits per heavy atom. The van der Waals surface area contributed by atoms with Crippen molar-refractivity contribution in [2.75, 3.05) is 10.8 Å². The molecule has 0 atom stereocenters. The van der Waals surface area contributed by atoms with Crippen LogP contribution in [-0.4, -0.2) is 25.7 Å². The minimum atomic E-state index is -3.72. The second-order valence-corrected chi connectivity index (χ2v) is 8.95. The van der Waals surface area contributed by atoms with Gasteiger partial charge in [-0.25, -0.2) is 8.42 Å². The van der Waals surface area contributed by atoms with Crippen molar-refractivity contribution in [3.8, 4) is 0 Å². The fourth-order valence-electron chi connectivity index (χ4n) is 4.10. The van der Waals surface area contributed by atoms with Gasteiger partial charge < -0.3 is 4.98 Å². The third-order valence-corrected chi connectivity index (χ3v) is 7.43. The van der Waals surface area contributed by atoms with E-state index in [-0.39, 0.29) is 5.78 Å². The van der Waals surface area contributed by atoms with Crippen molar-refractivity contribution in [1.29, 1.82) is 0 Å². The predicted octanol–water partition coefficient (Wildman–Crippen LogP) is 4.46. The molecule has 1 aliphatic rings. The molecule has 5 nitrogen and oxygen atoms in total. The third-order valence-electron chi connectivity index (χ3n) is 5.45. The van der Waals surface area contributed by atoms with Gasteiger partial charge in [-0.2, -0.15) is 0 Å². The zero-order chi connectivity index (χ0) is 19.9. The van der Waals surface area contributed by atoms with Gasteiger partial charge in [0.25, 0.3) is 10.0 Å². The molecule has 146 valence electrons. The Kier molecular flexibility index (Phi) is 4.75. The first-order valence-electron chi connectivity index (χ1n) is 9.75. The molecule has 0 fully saturated rings. The summed E-state index contributed by atoms with van der Waals surface area (Å²) in [7, 11) is -3.72. The van der Waals surface area contributed by atoms with Gasteiger partial charge >= 0.3 is 0 Å². The number of nitrogens with one attached hydrogen (secondary N) is 1. The fraction of sp³-hybridized carbons (Fsp3) is 0.318.